The lowest BCUT2D eigenvalue weighted by Crippen LogP contribution is -2.49. The fraction of sp³-hybridized carbons (Fsp3) is 0.316. The Hall–Kier alpha value is -1.91. The molecule has 25 heavy (non-hydrogen) atoms. The van der Waals surface area contributed by atoms with E-state index in [1.54, 1.807) is 0 Å². The van der Waals surface area contributed by atoms with Crippen LogP contribution in [-0.4, -0.2) is 18.2 Å². The summed E-state index contributed by atoms with van der Waals surface area (Å²) in [5, 5.41) is 7.58. The van der Waals surface area contributed by atoms with Crippen molar-refractivity contribution in [2.24, 2.45) is 0 Å². The molecule has 2 aromatic rings. The van der Waals surface area contributed by atoms with Crippen LogP contribution in [0.2, 0.25) is 10.0 Å². The minimum absolute atomic E-state index is 0.112. The second-order valence-corrected chi connectivity index (χ2v) is 7.11. The predicted molar refractivity (Wildman–Crippen MR) is 101 cm³/mol. The van der Waals surface area contributed by atoms with Gasteiger partial charge < -0.3 is 15.4 Å². The molecule has 2 N–H and O–H groups in total. The number of rotatable bonds is 5. The normalized spacial score (nSPS) is 19.0. The lowest BCUT2D eigenvalue weighted by molar-refractivity contribution is 0.129. The Morgan fingerprint density at radius 3 is 2.56 bits per heavy atom. The number of halogens is 2. The molecule has 0 aliphatic heterocycles. The van der Waals surface area contributed by atoms with E-state index in [0.29, 0.717) is 10.0 Å². The molecule has 1 aliphatic carbocycles. The number of hydrogen-bond acceptors (Lipinski definition) is 3. The van der Waals surface area contributed by atoms with E-state index in [4.69, 9.17) is 27.9 Å². The SMILES string of the molecule is Cc1cc(Cl)c(NC2CC(NC(=O)OCc3ccccc3)C2)cc1Cl. The van der Waals surface area contributed by atoms with Gasteiger partial charge in [-0.2, -0.15) is 0 Å². The topological polar surface area (TPSA) is 50.4 Å². The van der Waals surface area contributed by atoms with Gasteiger partial charge in [-0.25, -0.2) is 4.79 Å². The molecule has 0 aromatic heterocycles. The van der Waals surface area contributed by atoms with E-state index < -0.39 is 0 Å². The Morgan fingerprint density at radius 1 is 1.12 bits per heavy atom. The Kier molecular flexibility index (Phi) is 5.71. The molecule has 1 fully saturated rings. The molecular weight excluding hydrogens is 359 g/mol. The highest BCUT2D eigenvalue weighted by Crippen LogP contribution is 2.32. The molecule has 3 rings (SSSR count). The Bertz CT molecular complexity index is 747. The van der Waals surface area contributed by atoms with Crippen LogP contribution in [0.5, 0.6) is 0 Å². The zero-order chi connectivity index (χ0) is 17.8. The van der Waals surface area contributed by atoms with Crippen LogP contribution in [0.15, 0.2) is 42.5 Å². The standard InChI is InChI=1S/C19H20Cl2N2O2/c1-12-7-17(21)18(10-16(12)20)22-14-8-15(9-14)23-19(24)25-11-13-5-3-2-4-6-13/h2-7,10,14-15,22H,8-9,11H2,1H3,(H,23,24). The second-order valence-electron chi connectivity index (χ2n) is 6.30. The van der Waals surface area contributed by atoms with Gasteiger partial charge in [0.1, 0.15) is 6.61 Å². The Balaban J connectivity index is 1.41. The summed E-state index contributed by atoms with van der Waals surface area (Å²) in [7, 11) is 0. The van der Waals surface area contributed by atoms with Crippen molar-refractivity contribution < 1.29 is 9.53 Å². The minimum Gasteiger partial charge on any atom is -0.445 e. The average molecular weight is 379 g/mol. The highest BCUT2D eigenvalue weighted by atomic mass is 35.5. The van der Waals surface area contributed by atoms with Crippen molar-refractivity contribution in [3.8, 4) is 0 Å². The highest BCUT2D eigenvalue weighted by Gasteiger charge is 2.31. The summed E-state index contributed by atoms with van der Waals surface area (Å²) in [6.45, 7) is 2.20. The van der Waals surface area contributed by atoms with E-state index in [9.17, 15) is 4.79 Å². The average Bonchev–Trinajstić information content (AvgIpc) is 2.56. The van der Waals surface area contributed by atoms with Gasteiger partial charge in [-0.1, -0.05) is 53.5 Å². The summed E-state index contributed by atoms with van der Waals surface area (Å²) in [6.07, 6.45) is 1.26. The van der Waals surface area contributed by atoms with Crippen LogP contribution >= 0.6 is 23.2 Å². The molecule has 6 heteroatoms. The number of hydrogen-bond donors (Lipinski definition) is 2. The first kappa shape index (κ1) is 17.9. The van der Waals surface area contributed by atoms with Crippen molar-refractivity contribution in [2.75, 3.05) is 5.32 Å². The molecule has 0 spiro atoms. The van der Waals surface area contributed by atoms with E-state index in [1.807, 2.05) is 49.4 Å². The number of alkyl carbamates (subject to hydrolysis) is 1. The first-order valence-electron chi connectivity index (χ1n) is 8.20. The summed E-state index contributed by atoms with van der Waals surface area (Å²) in [6, 6.07) is 13.7. The van der Waals surface area contributed by atoms with Crippen molar-refractivity contribution in [3.05, 3.63) is 63.6 Å². The molecule has 0 unspecified atom stereocenters. The van der Waals surface area contributed by atoms with Crippen LogP contribution in [0.25, 0.3) is 0 Å². The van der Waals surface area contributed by atoms with Crippen LogP contribution < -0.4 is 10.6 Å². The highest BCUT2D eigenvalue weighted by molar-refractivity contribution is 6.35. The number of carbonyl (C=O) groups is 1. The van der Waals surface area contributed by atoms with Crippen LogP contribution in [0.1, 0.15) is 24.0 Å². The number of carbonyl (C=O) groups excluding carboxylic acids is 1. The Labute approximate surface area is 157 Å². The third-order valence-corrected chi connectivity index (χ3v) is 5.00. The van der Waals surface area contributed by atoms with Gasteiger partial charge in [-0.15, -0.1) is 0 Å². The second kappa shape index (κ2) is 7.98. The summed E-state index contributed by atoms with van der Waals surface area (Å²) in [5.41, 5.74) is 2.75. The predicted octanol–water partition coefficient (Wildman–Crippen LogP) is 5.17. The van der Waals surface area contributed by atoms with Gasteiger partial charge in [0, 0.05) is 17.1 Å². The van der Waals surface area contributed by atoms with E-state index in [2.05, 4.69) is 10.6 Å². The lowest BCUT2D eigenvalue weighted by atomic mass is 9.86. The molecule has 2 aromatic carbocycles. The molecular formula is C19H20Cl2N2O2. The zero-order valence-electron chi connectivity index (χ0n) is 13.9. The minimum atomic E-state index is -0.385. The molecule has 1 saturated carbocycles. The zero-order valence-corrected chi connectivity index (χ0v) is 15.4. The van der Waals surface area contributed by atoms with Crippen LogP contribution in [0.3, 0.4) is 0 Å². The van der Waals surface area contributed by atoms with E-state index >= 15 is 0 Å². The van der Waals surface area contributed by atoms with Gasteiger partial charge in [-0.3, -0.25) is 0 Å². The first-order chi connectivity index (χ1) is 12.0. The molecule has 132 valence electrons. The maximum absolute atomic E-state index is 11.8. The number of nitrogens with one attached hydrogen (secondary N) is 2. The number of aryl methyl sites for hydroxylation is 1. The van der Waals surface area contributed by atoms with Gasteiger partial charge in [0.15, 0.2) is 0 Å². The smallest absolute Gasteiger partial charge is 0.407 e. The molecule has 4 nitrogen and oxygen atoms in total. The fourth-order valence-corrected chi connectivity index (χ4v) is 3.20. The van der Waals surface area contributed by atoms with Crippen LogP contribution in [0.4, 0.5) is 10.5 Å². The molecule has 0 saturated heterocycles. The third-order valence-electron chi connectivity index (χ3n) is 4.28. The number of anilines is 1. The molecule has 0 atom stereocenters. The number of amides is 1. The summed E-state index contributed by atoms with van der Waals surface area (Å²) in [5.74, 6) is 0. The van der Waals surface area contributed by atoms with Crippen molar-refractivity contribution >= 4 is 35.0 Å². The van der Waals surface area contributed by atoms with E-state index in [-0.39, 0.29) is 24.8 Å². The quantitative estimate of drug-likeness (QED) is 0.754. The summed E-state index contributed by atoms with van der Waals surface area (Å²) >= 11 is 12.4. The monoisotopic (exact) mass is 378 g/mol. The molecule has 1 amide bonds. The van der Waals surface area contributed by atoms with Gasteiger partial charge in [0.25, 0.3) is 0 Å². The largest absolute Gasteiger partial charge is 0.445 e. The molecule has 0 bridgehead atoms. The van der Waals surface area contributed by atoms with Crippen LogP contribution in [-0.2, 0) is 11.3 Å². The third kappa shape index (κ3) is 4.80. The van der Waals surface area contributed by atoms with Crippen molar-refractivity contribution in [1.82, 2.24) is 5.32 Å². The van der Waals surface area contributed by atoms with Gasteiger partial charge in [-0.05, 0) is 43.0 Å². The summed E-state index contributed by atoms with van der Waals surface area (Å²) in [4.78, 5) is 11.8. The molecule has 1 aliphatic rings. The van der Waals surface area contributed by atoms with Crippen molar-refractivity contribution in [3.63, 3.8) is 0 Å². The van der Waals surface area contributed by atoms with Gasteiger partial charge in [0.05, 0.1) is 10.7 Å². The van der Waals surface area contributed by atoms with Crippen molar-refractivity contribution in [2.45, 2.75) is 38.5 Å². The van der Waals surface area contributed by atoms with E-state index in [1.165, 1.54) is 0 Å². The Morgan fingerprint density at radius 2 is 1.84 bits per heavy atom. The molecule has 0 radical (unpaired) electrons. The van der Waals surface area contributed by atoms with Gasteiger partial charge in [0.2, 0.25) is 0 Å². The van der Waals surface area contributed by atoms with Crippen LogP contribution in [0, 0.1) is 6.92 Å². The first-order valence-corrected chi connectivity index (χ1v) is 8.96. The maximum Gasteiger partial charge on any atom is 0.407 e. The van der Waals surface area contributed by atoms with Crippen molar-refractivity contribution in [1.29, 1.82) is 0 Å². The maximum atomic E-state index is 11.8. The number of benzene rings is 2. The molecule has 0 heterocycles. The lowest BCUT2D eigenvalue weighted by Gasteiger charge is -2.36. The fourth-order valence-electron chi connectivity index (χ4n) is 2.76. The number of ether oxygens (including phenoxy) is 1. The summed E-state index contributed by atoms with van der Waals surface area (Å²) < 4.78 is 5.23. The van der Waals surface area contributed by atoms with Gasteiger partial charge >= 0.3 is 6.09 Å². The van der Waals surface area contributed by atoms with E-state index in [0.717, 1.165) is 29.7 Å².